The van der Waals surface area contributed by atoms with Gasteiger partial charge in [0.05, 0.1) is 0 Å². The number of hydrogen-bond donors (Lipinski definition) is 0. The van der Waals surface area contributed by atoms with E-state index in [-0.39, 0.29) is 11.7 Å². The molecule has 0 unspecified atom stereocenters. The van der Waals surface area contributed by atoms with Gasteiger partial charge in [-0.05, 0) is 87.1 Å². The van der Waals surface area contributed by atoms with Crippen LogP contribution in [0.4, 0.5) is 4.39 Å². The number of thiocarbonyl (C=S) groups is 1. The molecule has 0 bridgehead atoms. The van der Waals surface area contributed by atoms with Gasteiger partial charge in [-0.1, -0.05) is 24.7 Å². The molecular formula is C23H23FN2OS. The fourth-order valence-electron chi connectivity index (χ4n) is 4.13. The van der Waals surface area contributed by atoms with E-state index in [2.05, 4.69) is 0 Å². The summed E-state index contributed by atoms with van der Waals surface area (Å²) < 4.78 is 13.4. The van der Waals surface area contributed by atoms with Crippen molar-refractivity contribution in [1.29, 1.82) is 0 Å². The molecule has 1 heterocycles. The van der Waals surface area contributed by atoms with Gasteiger partial charge in [0, 0.05) is 11.1 Å². The Bertz CT molecular complexity index is 975. The van der Waals surface area contributed by atoms with Crippen molar-refractivity contribution < 1.29 is 9.18 Å². The highest BCUT2D eigenvalue weighted by Gasteiger charge is 2.48. The summed E-state index contributed by atoms with van der Waals surface area (Å²) in [5.41, 5.74) is 3.62. The summed E-state index contributed by atoms with van der Waals surface area (Å²) in [6.45, 7) is 4.04. The summed E-state index contributed by atoms with van der Waals surface area (Å²) in [5.74, 6) is -0.403. The third-order valence-electron chi connectivity index (χ3n) is 5.87. The average molecular weight is 395 g/mol. The molecule has 0 atom stereocenters. The highest BCUT2D eigenvalue weighted by Crippen LogP contribution is 2.41. The van der Waals surface area contributed by atoms with Crippen molar-refractivity contribution >= 4 is 28.8 Å². The highest BCUT2D eigenvalue weighted by atomic mass is 32.1. The van der Waals surface area contributed by atoms with Gasteiger partial charge < -0.3 is 0 Å². The second-order valence-corrected chi connectivity index (χ2v) is 8.14. The molecule has 1 aliphatic carbocycles. The van der Waals surface area contributed by atoms with Crippen LogP contribution in [0.3, 0.4) is 0 Å². The number of hydrogen-bond acceptors (Lipinski definition) is 3. The van der Waals surface area contributed by atoms with Gasteiger partial charge in [0.2, 0.25) is 0 Å². The van der Waals surface area contributed by atoms with Crippen LogP contribution in [0.15, 0.2) is 47.5 Å². The van der Waals surface area contributed by atoms with Crippen LogP contribution in [-0.2, 0) is 0 Å². The number of rotatable bonds is 2. The lowest BCUT2D eigenvalue weighted by molar-refractivity contribution is 0.0648. The number of carbonyl (C=O) groups is 1. The maximum Gasteiger partial charge on any atom is 0.260 e. The molecule has 28 heavy (non-hydrogen) atoms. The van der Waals surface area contributed by atoms with Crippen LogP contribution in [0.1, 0.15) is 59.2 Å². The van der Waals surface area contributed by atoms with Gasteiger partial charge in [0.25, 0.3) is 5.91 Å². The number of nitrogens with zero attached hydrogens (tertiary/aromatic N) is 2. The Kier molecular flexibility index (Phi) is 4.88. The van der Waals surface area contributed by atoms with Crippen molar-refractivity contribution in [2.45, 2.75) is 51.6 Å². The van der Waals surface area contributed by atoms with Crippen LogP contribution < -0.4 is 0 Å². The molecule has 5 heteroatoms. The van der Waals surface area contributed by atoms with Crippen molar-refractivity contribution in [2.24, 2.45) is 4.99 Å². The number of aliphatic imine (C=N–C) groups is 1. The minimum Gasteiger partial charge on any atom is -0.271 e. The molecule has 0 aromatic heterocycles. The quantitative estimate of drug-likeness (QED) is 0.641. The van der Waals surface area contributed by atoms with Crippen LogP contribution in [0.5, 0.6) is 0 Å². The van der Waals surface area contributed by atoms with Crippen LogP contribution in [-0.4, -0.2) is 27.2 Å². The maximum atomic E-state index is 13.5. The van der Waals surface area contributed by atoms with E-state index >= 15 is 0 Å². The van der Waals surface area contributed by atoms with E-state index in [1.165, 1.54) is 12.1 Å². The lowest BCUT2D eigenvalue weighted by atomic mass is 9.88. The Labute approximate surface area is 170 Å². The zero-order chi connectivity index (χ0) is 19.9. The van der Waals surface area contributed by atoms with Crippen LogP contribution in [0.25, 0.3) is 0 Å². The molecule has 1 spiro atoms. The molecule has 1 saturated carbocycles. The lowest BCUT2D eigenvalue weighted by Crippen LogP contribution is -2.50. The molecule has 2 aromatic rings. The van der Waals surface area contributed by atoms with Gasteiger partial charge in [-0.3, -0.25) is 14.7 Å². The van der Waals surface area contributed by atoms with Gasteiger partial charge in [0.1, 0.15) is 22.2 Å². The largest absolute Gasteiger partial charge is 0.271 e. The Morgan fingerprint density at radius 2 is 1.71 bits per heavy atom. The smallest absolute Gasteiger partial charge is 0.260 e. The standard InChI is InChI=1S/C23H23FN2OS/c1-15-6-7-18(14-16(15)2)21(27)26-22(28)20(17-8-10-19(24)11-9-17)25-23(26)12-4-3-5-13-23/h6-11,14H,3-5,12-13H2,1-2H3. The summed E-state index contributed by atoms with van der Waals surface area (Å²) in [5, 5.41) is 0. The van der Waals surface area contributed by atoms with Gasteiger partial charge in [0.15, 0.2) is 0 Å². The monoisotopic (exact) mass is 394 g/mol. The fraction of sp³-hybridized carbons (Fsp3) is 0.348. The number of halogens is 1. The minimum atomic E-state index is -0.616. The summed E-state index contributed by atoms with van der Waals surface area (Å²) >= 11 is 5.75. The second-order valence-electron chi connectivity index (χ2n) is 7.76. The normalized spacial score (nSPS) is 18.5. The second kappa shape index (κ2) is 7.21. The number of benzene rings is 2. The molecule has 4 rings (SSSR count). The summed E-state index contributed by atoms with van der Waals surface area (Å²) in [4.78, 5) is 20.7. The molecule has 1 fully saturated rings. The number of carbonyl (C=O) groups excluding carboxylic acids is 1. The molecule has 144 valence electrons. The topological polar surface area (TPSA) is 32.7 Å². The van der Waals surface area contributed by atoms with Gasteiger partial charge in [-0.2, -0.15) is 0 Å². The van der Waals surface area contributed by atoms with Crippen LogP contribution in [0, 0.1) is 19.7 Å². The van der Waals surface area contributed by atoms with Crippen molar-refractivity contribution in [3.63, 3.8) is 0 Å². The molecule has 1 aliphatic heterocycles. The Morgan fingerprint density at radius 1 is 1.04 bits per heavy atom. The molecule has 0 radical (unpaired) electrons. The predicted molar refractivity (Wildman–Crippen MR) is 113 cm³/mol. The molecule has 2 aliphatic rings. The van der Waals surface area contributed by atoms with E-state index in [0.29, 0.717) is 16.3 Å². The van der Waals surface area contributed by atoms with Gasteiger partial charge in [-0.15, -0.1) is 0 Å². The first-order chi connectivity index (χ1) is 13.4. The summed E-state index contributed by atoms with van der Waals surface area (Å²) in [6.07, 6.45) is 4.77. The van der Waals surface area contributed by atoms with E-state index < -0.39 is 5.66 Å². The molecule has 1 amide bonds. The summed E-state index contributed by atoms with van der Waals surface area (Å²) in [6, 6.07) is 11.9. The third-order valence-corrected chi connectivity index (χ3v) is 6.25. The van der Waals surface area contributed by atoms with Crippen molar-refractivity contribution in [3.8, 4) is 0 Å². The summed E-state index contributed by atoms with van der Waals surface area (Å²) in [7, 11) is 0. The van der Waals surface area contributed by atoms with Gasteiger partial charge >= 0.3 is 0 Å². The van der Waals surface area contributed by atoms with Crippen LogP contribution in [0.2, 0.25) is 0 Å². The van der Waals surface area contributed by atoms with Gasteiger partial charge in [-0.25, -0.2) is 4.39 Å². The average Bonchev–Trinajstić information content (AvgIpc) is 2.96. The third kappa shape index (κ3) is 3.18. The maximum absolute atomic E-state index is 13.5. The zero-order valence-corrected chi connectivity index (χ0v) is 17.0. The van der Waals surface area contributed by atoms with Crippen LogP contribution >= 0.6 is 12.2 Å². The Balaban J connectivity index is 1.77. The van der Waals surface area contributed by atoms with Crippen molar-refractivity contribution in [3.05, 3.63) is 70.5 Å². The fourth-order valence-corrected chi connectivity index (χ4v) is 4.55. The first kappa shape index (κ1) is 18.9. The molecule has 3 nitrogen and oxygen atoms in total. The zero-order valence-electron chi connectivity index (χ0n) is 16.2. The van der Waals surface area contributed by atoms with E-state index in [0.717, 1.165) is 48.8 Å². The van der Waals surface area contributed by atoms with Crippen molar-refractivity contribution in [1.82, 2.24) is 4.90 Å². The van der Waals surface area contributed by atoms with E-state index in [9.17, 15) is 9.18 Å². The van der Waals surface area contributed by atoms with E-state index in [1.807, 2.05) is 32.0 Å². The predicted octanol–water partition coefficient (Wildman–Crippen LogP) is 5.38. The Hall–Kier alpha value is -2.40. The SMILES string of the molecule is Cc1ccc(C(=O)N2C(=S)C(c3ccc(F)cc3)=NC23CCCCC3)cc1C. The minimum absolute atomic E-state index is 0.101. The highest BCUT2D eigenvalue weighted by molar-refractivity contribution is 7.82. The number of aryl methyl sites for hydroxylation is 2. The first-order valence-corrected chi connectivity index (χ1v) is 10.1. The molecule has 0 saturated heterocycles. The first-order valence-electron chi connectivity index (χ1n) is 9.73. The van der Waals surface area contributed by atoms with E-state index in [4.69, 9.17) is 17.2 Å². The molecular weight excluding hydrogens is 371 g/mol. The molecule has 2 aromatic carbocycles. The number of amides is 1. The lowest BCUT2D eigenvalue weighted by Gasteiger charge is -2.39. The Morgan fingerprint density at radius 3 is 2.36 bits per heavy atom. The molecule has 0 N–H and O–H groups in total. The van der Waals surface area contributed by atoms with Crippen molar-refractivity contribution in [2.75, 3.05) is 0 Å². The van der Waals surface area contributed by atoms with E-state index in [1.54, 1.807) is 17.0 Å².